The third kappa shape index (κ3) is 9.11. The van der Waals surface area contributed by atoms with Crippen LogP contribution in [-0.4, -0.2) is 35.0 Å². The molecule has 2 heterocycles. The van der Waals surface area contributed by atoms with Gasteiger partial charge in [-0.05, 0) is 83.0 Å². The SMILES string of the molecule is [2H]C([2H])(c1cn(C(=O)CCCCCCC/C=C\C/C=C\CCCCC)c2ccccc12)[C@H]1CCCN1C. The average molecular weight is 479 g/mol. The number of unbranched alkanes of at least 4 members (excludes halogenated alkanes) is 8. The summed E-state index contributed by atoms with van der Waals surface area (Å²) >= 11 is 0. The van der Waals surface area contributed by atoms with Crippen LogP contribution in [0.25, 0.3) is 10.9 Å². The molecule has 0 aliphatic carbocycles. The summed E-state index contributed by atoms with van der Waals surface area (Å²) in [6, 6.07) is 7.63. The van der Waals surface area contributed by atoms with Gasteiger partial charge in [-0.2, -0.15) is 0 Å². The van der Waals surface area contributed by atoms with E-state index in [0.29, 0.717) is 12.0 Å². The maximum Gasteiger partial charge on any atom is 0.231 e. The summed E-state index contributed by atoms with van der Waals surface area (Å²) in [5.41, 5.74) is 1.48. The van der Waals surface area contributed by atoms with Crippen molar-refractivity contribution in [2.24, 2.45) is 0 Å². The standard InChI is InChI=1S/C32H48N2O/c1-3-4-5-6-7-8-9-10-11-12-13-14-15-16-17-24-32(35)34-27-28(26-29-21-20-25-33(29)2)30-22-18-19-23-31(30)34/h7-8,10-11,18-19,22-23,27,29H,3-6,9,12-17,20-21,24-26H2,1-2H3/b8-7-,11-10-/t29-/m1/s1/i26D2. The second-order valence-corrected chi connectivity index (χ2v) is 10.1. The fourth-order valence-electron chi connectivity index (χ4n) is 4.98. The van der Waals surface area contributed by atoms with Crippen LogP contribution < -0.4 is 0 Å². The smallest absolute Gasteiger partial charge is 0.231 e. The first kappa shape index (κ1) is 24.6. The first-order valence-electron chi connectivity index (χ1n) is 15.1. The lowest BCUT2D eigenvalue weighted by Crippen LogP contribution is -2.26. The van der Waals surface area contributed by atoms with E-state index in [1.165, 1.54) is 38.5 Å². The normalized spacial score (nSPS) is 18.2. The Balaban J connectivity index is 1.40. The first-order valence-corrected chi connectivity index (χ1v) is 14.1. The van der Waals surface area contributed by atoms with E-state index in [1.807, 2.05) is 31.3 Å². The van der Waals surface area contributed by atoms with Crippen molar-refractivity contribution in [1.29, 1.82) is 0 Å². The average Bonchev–Trinajstić information content (AvgIpc) is 3.51. The molecule has 1 aromatic carbocycles. The molecule has 3 rings (SSSR count). The summed E-state index contributed by atoms with van der Waals surface area (Å²) in [7, 11) is 2.00. The van der Waals surface area contributed by atoms with Crippen molar-refractivity contribution in [1.82, 2.24) is 9.47 Å². The predicted octanol–water partition coefficient (Wildman–Crippen LogP) is 8.73. The number of rotatable bonds is 16. The Bertz CT molecular complexity index is 1020. The van der Waals surface area contributed by atoms with Crippen molar-refractivity contribution >= 4 is 16.8 Å². The minimum absolute atomic E-state index is 0.0729. The topological polar surface area (TPSA) is 25.2 Å². The molecule has 0 saturated carbocycles. The fourth-order valence-corrected chi connectivity index (χ4v) is 4.98. The first-order chi connectivity index (χ1) is 18.0. The maximum absolute atomic E-state index is 13.1. The second kappa shape index (κ2) is 15.8. The minimum atomic E-state index is -1.49. The molecule has 3 nitrogen and oxygen atoms in total. The van der Waals surface area contributed by atoms with Crippen LogP contribution in [0.15, 0.2) is 54.8 Å². The lowest BCUT2D eigenvalue weighted by Gasteiger charge is -2.18. The molecule has 1 aliphatic rings. The predicted molar refractivity (Wildman–Crippen MR) is 151 cm³/mol. The number of fused-ring (bicyclic) bond motifs is 1. The number of hydrogen-bond acceptors (Lipinski definition) is 2. The zero-order chi connectivity index (χ0) is 26.5. The number of nitrogens with zero attached hydrogens (tertiary/aromatic N) is 2. The molecule has 1 aliphatic heterocycles. The number of carbonyl (C=O) groups excluding carboxylic acids is 1. The Morgan fingerprint density at radius 3 is 2.46 bits per heavy atom. The van der Waals surface area contributed by atoms with Crippen LogP contribution in [0.1, 0.15) is 110 Å². The van der Waals surface area contributed by atoms with Gasteiger partial charge in [0, 0.05) is 26.8 Å². The molecular weight excluding hydrogens is 428 g/mol. The minimum Gasteiger partial charge on any atom is -0.303 e. The molecule has 1 fully saturated rings. The van der Waals surface area contributed by atoms with Gasteiger partial charge in [-0.25, -0.2) is 0 Å². The summed E-state index contributed by atoms with van der Waals surface area (Å²) in [6.45, 7) is 3.17. The maximum atomic E-state index is 13.1. The molecule has 1 atom stereocenters. The van der Waals surface area contributed by atoms with E-state index >= 15 is 0 Å². The van der Waals surface area contributed by atoms with Crippen molar-refractivity contribution < 1.29 is 7.54 Å². The van der Waals surface area contributed by atoms with E-state index in [-0.39, 0.29) is 11.9 Å². The van der Waals surface area contributed by atoms with Crippen molar-refractivity contribution in [3.8, 4) is 0 Å². The van der Waals surface area contributed by atoms with Gasteiger partial charge in [0.1, 0.15) is 0 Å². The van der Waals surface area contributed by atoms with Crippen molar-refractivity contribution in [2.75, 3.05) is 13.6 Å². The monoisotopic (exact) mass is 478 g/mol. The van der Waals surface area contributed by atoms with Gasteiger partial charge in [-0.3, -0.25) is 9.36 Å². The second-order valence-electron chi connectivity index (χ2n) is 10.1. The number of benzene rings is 1. The Morgan fingerprint density at radius 1 is 1.00 bits per heavy atom. The number of carbonyl (C=O) groups is 1. The Kier molecular flexibility index (Phi) is 11.1. The summed E-state index contributed by atoms with van der Waals surface area (Å²) in [5, 5.41) is 0.862. The molecule has 0 spiro atoms. The van der Waals surface area contributed by atoms with Crippen molar-refractivity contribution in [2.45, 2.75) is 109 Å². The Labute approximate surface area is 217 Å². The highest BCUT2D eigenvalue weighted by molar-refractivity contribution is 5.94. The molecule has 1 saturated heterocycles. The number of likely N-dealkylation sites (tertiary alicyclic amines) is 1. The summed E-state index contributed by atoms with van der Waals surface area (Å²) in [4.78, 5) is 15.3. The molecule has 0 unspecified atom stereocenters. The van der Waals surface area contributed by atoms with Gasteiger partial charge in [0.2, 0.25) is 5.91 Å². The molecule has 0 bridgehead atoms. The zero-order valence-corrected chi connectivity index (χ0v) is 22.2. The summed E-state index contributed by atoms with van der Waals surface area (Å²) < 4.78 is 19.6. The molecule has 35 heavy (non-hydrogen) atoms. The highest BCUT2D eigenvalue weighted by Crippen LogP contribution is 2.27. The molecule has 0 radical (unpaired) electrons. The van der Waals surface area contributed by atoms with Gasteiger partial charge in [0.25, 0.3) is 0 Å². The third-order valence-electron chi connectivity index (χ3n) is 7.16. The van der Waals surface area contributed by atoms with Crippen LogP contribution in [0.5, 0.6) is 0 Å². The zero-order valence-electron chi connectivity index (χ0n) is 24.2. The number of allylic oxidation sites excluding steroid dienone is 4. The molecular formula is C32H48N2O. The van der Waals surface area contributed by atoms with Crippen LogP contribution in [0.4, 0.5) is 0 Å². The van der Waals surface area contributed by atoms with E-state index in [2.05, 4.69) is 36.1 Å². The lowest BCUT2D eigenvalue weighted by molar-refractivity contribution is 0.0904. The molecule has 3 heteroatoms. The van der Waals surface area contributed by atoms with E-state index in [1.54, 1.807) is 10.8 Å². The molecule has 2 aromatic rings. The van der Waals surface area contributed by atoms with Crippen LogP contribution in [0.3, 0.4) is 0 Å². The Morgan fingerprint density at radius 2 is 1.71 bits per heavy atom. The fraction of sp³-hybridized carbons (Fsp3) is 0.594. The number of para-hydroxylation sites is 1. The van der Waals surface area contributed by atoms with Gasteiger partial charge < -0.3 is 4.90 Å². The Hall–Kier alpha value is -2.13. The van der Waals surface area contributed by atoms with Crippen LogP contribution in [0, 0.1) is 0 Å². The van der Waals surface area contributed by atoms with Gasteiger partial charge in [0.05, 0.1) is 5.52 Å². The highest BCUT2D eigenvalue weighted by atomic mass is 16.2. The van der Waals surface area contributed by atoms with E-state index < -0.39 is 6.37 Å². The van der Waals surface area contributed by atoms with Crippen LogP contribution >= 0.6 is 0 Å². The summed E-state index contributed by atoms with van der Waals surface area (Å²) in [6.07, 6.45) is 24.7. The van der Waals surface area contributed by atoms with Gasteiger partial charge in [-0.1, -0.05) is 81.5 Å². The van der Waals surface area contributed by atoms with Gasteiger partial charge >= 0.3 is 0 Å². The van der Waals surface area contributed by atoms with E-state index in [4.69, 9.17) is 2.74 Å². The van der Waals surface area contributed by atoms with Crippen LogP contribution in [-0.2, 0) is 6.37 Å². The molecule has 0 amide bonds. The number of aromatic nitrogens is 1. The van der Waals surface area contributed by atoms with Gasteiger partial charge in [-0.15, -0.1) is 0 Å². The summed E-state index contributed by atoms with van der Waals surface area (Å²) in [5.74, 6) is 0.0729. The molecule has 1 aromatic heterocycles. The third-order valence-corrected chi connectivity index (χ3v) is 7.16. The molecule has 0 N–H and O–H groups in total. The van der Waals surface area contributed by atoms with Crippen LogP contribution in [0.2, 0.25) is 0 Å². The lowest BCUT2D eigenvalue weighted by atomic mass is 10.0. The van der Waals surface area contributed by atoms with Gasteiger partial charge in [0.15, 0.2) is 0 Å². The van der Waals surface area contributed by atoms with E-state index in [0.717, 1.165) is 62.4 Å². The van der Waals surface area contributed by atoms with E-state index in [9.17, 15) is 4.79 Å². The van der Waals surface area contributed by atoms with Crippen molar-refractivity contribution in [3.05, 3.63) is 60.3 Å². The quantitative estimate of drug-likeness (QED) is 0.178. The largest absolute Gasteiger partial charge is 0.303 e. The van der Waals surface area contributed by atoms with Crippen molar-refractivity contribution in [3.63, 3.8) is 0 Å². The number of likely N-dealkylation sites (N-methyl/N-ethyl adjacent to an activating group) is 1. The highest BCUT2D eigenvalue weighted by Gasteiger charge is 2.23. The molecule has 192 valence electrons. The number of hydrogen-bond donors (Lipinski definition) is 0.